The second-order valence-electron chi connectivity index (χ2n) is 5.48. The van der Waals surface area contributed by atoms with Crippen LogP contribution < -0.4 is 10.6 Å². The molecule has 0 saturated heterocycles. The molecule has 134 valence electrons. The fraction of sp³-hybridized carbons (Fsp3) is 0.188. The first-order valence-corrected chi connectivity index (χ1v) is 9.53. The lowest BCUT2D eigenvalue weighted by atomic mass is 10.2. The van der Waals surface area contributed by atoms with E-state index in [0.29, 0.717) is 17.5 Å². The minimum atomic E-state index is -0.398. The molecular formula is C16H15BrIN7O. The zero-order valence-electron chi connectivity index (χ0n) is 13.9. The van der Waals surface area contributed by atoms with E-state index >= 15 is 0 Å². The lowest BCUT2D eigenvalue weighted by Gasteiger charge is -2.15. The van der Waals surface area contributed by atoms with Crippen LogP contribution >= 0.6 is 38.5 Å². The van der Waals surface area contributed by atoms with E-state index in [1.807, 2.05) is 26.0 Å². The van der Waals surface area contributed by atoms with Crippen molar-refractivity contribution in [2.75, 3.05) is 5.32 Å². The average molecular weight is 528 g/mol. The zero-order chi connectivity index (χ0) is 18.7. The van der Waals surface area contributed by atoms with Crippen molar-refractivity contribution in [2.45, 2.75) is 19.9 Å². The van der Waals surface area contributed by atoms with Crippen molar-refractivity contribution >= 4 is 50.2 Å². The van der Waals surface area contributed by atoms with Gasteiger partial charge in [0, 0.05) is 20.4 Å². The number of aromatic nitrogens is 5. The van der Waals surface area contributed by atoms with Crippen molar-refractivity contribution in [2.24, 2.45) is 0 Å². The third-order valence-electron chi connectivity index (χ3n) is 3.55. The average Bonchev–Trinajstić information content (AvgIpc) is 3.10. The maximum Gasteiger partial charge on any atom is 0.319 e. The Morgan fingerprint density at radius 1 is 1.27 bits per heavy atom. The molecule has 0 saturated carbocycles. The molecule has 0 aliphatic rings. The van der Waals surface area contributed by atoms with Gasteiger partial charge in [0.1, 0.15) is 6.33 Å². The summed E-state index contributed by atoms with van der Waals surface area (Å²) < 4.78 is 3.43. The van der Waals surface area contributed by atoms with Gasteiger partial charge in [-0.05, 0) is 76.1 Å². The number of hydrogen-bond acceptors (Lipinski definition) is 5. The van der Waals surface area contributed by atoms with Crippen LogP contribution in [0.5, 0.6) is 0 Å². The van der Waals surface area contributed by atoms with Gasteiger partial charge >= 0.3 is 6.03 Å². The molecule has 0 spiro atoms. The molecule has 3 aromatic rings. The topological polar surface area (TPSA) is 97.6 Å². The Bertz CT molecular complexity index is 932. The van der Waals surface area contributed by atoms with E-state index in [-0.39, 0.29) is 6.03 Å². The van der Waals surface area contributed by atoms with Gasteiger partial charge < -0.3 is 10.6 Å². The normalized spacial score (nSPS) is 11.8. The lowest BCUT2D eigenvalue weighted by Crippen LogP contribution is -2.32. The van der Waals surface area contributed by atoms with E-state index in [0.717, 1.165) is 13.6 Å². The Kier molecular flexibility index (Phi) is 5.81. The highest BCUT2D eigenvalue weighted by atomic mass is 127. The lowest BCUT2D eigenvalue weighted by molar-refractivity contribution is 0.248. The summed E-state index contributed by atoms with van der Waals surface area (Å²) in [5, 5.41) is 9.83. The summed E-state index contributed by atoms with van der Waals surface area (Å²) in [6.45, 7) is 3.81. The Morgan fingerprint density at radius 3 is 2.73 bits per heavy atom. The largest absolute Gasteiger partial charge is 0.328 e. The SMILES string of the molecule is Cc1cc(NC(=O)NC(C)c2ncnn2-c2ncccn2)c(Br)cc1I. The molecule has 0 aliphatic heterocycles. The summed E-state index contributed by atoms with van der Waals surface area (Å²) in [6, 6.07) is 4.84. The van der Waals surface area contributed by atoms with E-state index in [9.17, 15) is 4.79 Å². The molecule has 1 aromatic carbocycles. The molecule has 2 N–H and O–H groups in total. The molecule has 10 heteroatoms. The standard InChI is InChI=1S/C16H15BrIN7O/c1-9-6-13(11(17)7-12(9)18)24-16(26)23-10(2)14-21-8-22-25(14)15-19-4-3-5-20-15/h3-8,10H,1-2H3,(H2,23,24,26). The summed E-state index contributed by atoms with van der Waals surface area (Å²) in [7, 11) is 0. The number of urea groups is 1. The number of halogens is 2. The number of rotatable bonds is 4. The van der Waals surface area contributed by atoms with E-state index < -0.39 is 6.04 Å². The number of aryl methyl sites for hydroxylation is 1. The maximum atomic E-state index is 12.4. The first-order valence-electron chi connectivity index (χ1n) is 7.66. The van der Waals surface area contributed by atoms with Crippen LogP contribution in [0.15, 0.2) is 41.4 Å². The number of benzene rings is 1. The highest BCUT2D eigenvalue weighted by Gasteiger charge is 2.18. The van der Waals surface area contributed by atoms with Gasteiger partial charge in [0.05, 0.1) is 11.7 Å². The first kappa shape index (κ1) is 18.7. The van der Waals surface area contributed by atoms with Crippen molar-refractivity contribution in [3.8, 4) is 5.95 Å². The summed E-state index contributed by atoms with van der Waals surface area (Å²) in [4.78, 5) is 24.9. The number of nitrogens with one attached hydrogen (secondary N) is 2. The predicted octanol–water partition coefficient (Wildman–Crippen LogP) is 3.62. The third kappa shape index (κ3) is 4.18. The van der Waals surface area contributed by atoms with Crippen LogP contribution in [0.4, 0.5) is 10.5 Å². The van der Waals surface area contributed by atoms with Crippen LogP contribution in [0.1, 0.15) is 24.4 Å². The molecule has 2 aromatic heterocycles. The second-order valence-corrected chi connectivity index (χ2v) is 7.50. The maximum absolute atomic E-state index is 12.4. The fourth-order valence-electron chi connectivity index (χ4n) is 2.27. The van der Waals surface area contributed by atoms with Crippen LogP contribution in [0.3, 0.4) is 0 Å². The second kappa shape index (κ2) is 8.08. The number of nitrogens with zero attached hydrogens (tertiary/aromatic N) is 5. The molecule has 0 bridgehead atoms. The van der Waals surface area contributed by atoms with Crippen LogP contribution in [0.25, 0.3) is 5.95 Å². The van der Waals surface area contributed by atoms with Crippen molar-refractivity contribution in [3.05, 3.63) is 56.4 Å². The van der Waals surface area contributed by atoms with Gasteiger partial charge in [-0.3, -0.25) is 0 Å². The van der Waals surface area contributed by atoms with Crippen LogP contribution in [0, 0.1) is 10.5 Å². The van der Waals surface area contributed by atoms with Gasteiger partial charge in [0.2, 0.25) is 0 Å². The Balaban J connectivity index is 1.73. The summed E-state index contributed by atoms with van der Waals surface area (Å²) in [6.07, 6.45) is 4.64. The number of carbonyl (C=O) groups excluding carboxylic acids is 1. The van der Waals surface area contributed by atoms with E-state index in [2.05, 4.69) is 69.2 Å². The van der Waals surface area contributed by atoms with Gasteiger partial charge in [-0.2, -0.15) is 9.78 Å². The molecule has 1 atom stereocenters. The van der Waals surface area contributed by atoms with Crippen molar-refractivity contribution in [1.29, 1.82) is 0 Å². The third-order valence-corrected chi connectivity index (χ3v) is 5.37. The number of carbonyl (C=O) groups is 1. The molecule has 26 heavy (non-hydrogen) atoms. The monoisotopic (exact) mass is 527 g/mol. The molecular weight excluding hydrogens is 513 g/mol. The van der Waals surface area contributed by atoms with Crippen LogP contribution in [0.2, 0.25) is 0 Å². The summed E-state index contributed by atoms with van der Waals surface area (Å²) in [5.41, 5.74) is 1.78. The minimum Gasteiger partial charge on any atom is -0.328 e. The molecule has 2 heterocycles. The summed E-state index contributed by atoms with van der Waals surface area (Å²) in [5.74, 6) is 0.925. The quantitative estimate of drug-likeness (QED) is 0.505. The molecule has 0 radical (unpaired) electrons. The van der Waals surface area contributed by atoms with E-state index in [1.54, 1.807) is 18.5 Å². The molecule has 8 nitrogen and oxygen atoms in total. The van der Waals surface area contributed by atoms with Gasteiger partial charge in [0.15, 0.2) is 5.82 Å². The van der Waals surface area contributed by atoms with E-state index in [1.165, 1.54) is 11.0 Å². The highest BCUT2D eigenvalue weighted by Crippen LogP contribution is 2.27. The Labute approximate surface area is 172 Å². The van der Waals surface area contributed by atoms with Gasteiger partial charge in [-0.25, -0.2) is 19.7 Å². The minimum absolute atomic E-state index is 0.345. The van der Waals surface area contributed by atoms with Gasteiger partial charge in [-0.1, -0.05) is 0 Å². The van der Waals surface area contributed by atoms with Crippen molar-refractivity contribution in [1.82, 2.24) is 30.0 Å². The van der Waals surface area contributed by atoms with Crippen molar-refractivity contribution < 1.29 is 4.79 Å². The number of hydrogen-bond donors (Lipinski definition) is 2. The zero-order valence-corrected chi connectivity index (χ0v) is 17.7. The van der Waals surface area contributed by atoms with Gasteiger partial charge in [0.25, 0.3) is 5.95 Å². The Hall–Kier alpha value is -2.08. The van der Waals surface area contributed by atoms with Gasteiger partial charge in [-0.15, -0.1) is 0 Å². The molecule has 2 amide bonds. The number of amides is 2. The summed E-state index contributed by atoms with van der Waals surface area (Å²) >= 11 is 5.71. The van der Waals surface area contributed by atoms with Crippen LogP contribution in [-0.2, 0) is 0 Å². The number of anilines is 1. The first-order chi connectivity index (χ1) is 12.5. The predicted molar refractivity (Wildman–Crippen MR) is 109 cm³/mol. The van der Waals surface area contributed by atoms with Crippen LogP contribution in [-0.4, -0.2) is 30.8 Å². The smallest absolute Gasteiger partial charge is 0.319 e. The fourth-order valence-corrected chi connectivity index (χ4v) is 3.61. The molecule has 3 rings (SSSR count). The molecule has 1 unspecified atom stereocenters. The Morgan fingerprint density at radius 2 is 2.00 bits per heavy atom. The highest BCUT2D eigenvalue weighted by molar-refractivity contribution is 14.1. The molecule has 0 fully saturated rings. The van der Waals surface area contributed by atoms with Crippen molar-refractivity contribution in [3.63, 3.8) is 0 Å². The molecule has 0 aliphatic carbocycles. The van der Waals surface area contributed by atoms with E-state index in [4.69, 9.17) is 0 Å².